The highest BCUT2D eigenvalue weighted by atomic mass is 16.3. The van der Waals surface area contributed by atoms with E-state index >= 15 is 0 Å². The number of nitrogens with two attached hydrogens (primary N) is 1. The Hall–Kier alpha value is -0.650. The van der Waals surface area contributed by atoms with Gasteiger partial charge in [-0.1, -0.05) is 0 Å². The Morgan fingerprint density at radius 1 is 1.31 bits per heavy atom. The van der Waals surface area contributed by atoms with Crippen molar-refractivity contribution in [1.29, 1.82) is 0 Å². The van der Waals surface area contributed by atoms with Crippen LogP contribution in [0.25, 0.3) is 0 Å². The van der Waals surface area contributed by atoms with Gasteiger partial charge in [-0.3, -0.25) is 9.69 Å². The van der Waals surface area contributed by atoms with Gasteiger partial charge in [0.15, 0.2) is 0 Å². The van der Waals surface area contributed by atoms with Gasteiger partial charge in [-0.25, -0.2) is 0 Å². The summed E-state index contributed by atoms with van der Waals surface area (Å²) in [6.45, 7) is 4.32. The number of carbonyl (C=O) groups excluding carboxylic acids is 1. The summed E-state index contributed by atoms with van der Waals surface area (Å²) in [4.78, 5) is 15.0. The first kappa shape index (κ1) is 10.4. The molecule has 3 N–H and O–H groups in total. The number of carbonyl (C=O) groups is 1. The van der Waals surface area contributed by atoms with E-state index in [1.807, 2.05) is 0 Å². The maximum Gasteiger partial charge on any atom is 0.248 e. The van der Waals surface area contributed by atoms with Crippen molar-refractivity contribution in [2.45, 2.75) is 0 Å². The Kier molecular flexibility index (Phi) is 4.14. The lowest BCUT2D eigenvalue weighted by molar-refractivity contribution is -0.135. The monoisotopic (exact) mass is 187 g/mol. The first-order valence-electron chi connectivity index (χ1n) is 4.59. The lowest BCUT2D eigenvalue weighted by atomic mass is 10.3. The fourth-order valence-corrected chi connectivity index (χ4v) is 1.50. The topological polar surface area (TPSA) is 69.8 Å². The Morgan fingerprint density at radius 3 is 2.38 bits per heavy atom. The Labute approximate surface area is 78.1 Å². The summed E-state index contributed by atoms with van der Waals surface area (Å²) in [6.07, 6.45) is 0. The van der Waals surface area contributed by atoms with Crippen molar-refractivity contribution in [3.63, 3.8) is 0 Å². The van der Waals surface area contributed by atoms with Gasteiger partial charge in [0.05, 0.1) is 0 Å². The molecular formula is C8H17N3O2. The fourth-order valence-electron chi connectivity index (χ4n) is 1.50. The smallest absolute Gasteiger partial charge is 0.248 e. The molecule has 0 aromatic rings. The number of nitrogens with zero attached hydrogens (tertiary/aromatic N) is 2. The summed E-state index contributed by atoms with van der Waals surface area (Å²) >= 11 is 0. The summed E-state index contributed by atoms with van der Waals surface area (Å²) in [5, 5.41) is 8.63. The van der Waals surface area contributed by atoms with E-state index in [1.54, 1.807) is 4.90 Å². The number of hydrogen-bond donors (Lipinski definition) is 2. The van der Waals surface area contributed by atoms with Crippen LogP contribution in [0.15, 0.2) is 0 Å². The lowest BCUT2D eigenvalue weighted by Crippen LogP contribution is -2.50. The van der Waals surface area contributed by atoms with E-state index in [0.29, 0.717) is 19.6 Å². The van der Waals surface area contributed by atoms with Gasteiger partial charge in [0.1, 0.15) is 6.61 Å². The molecule has 0 aliphatic carbocycles. The van der Waals surface area contributed by atoms with Gasteiger partial charge in [-0.2, -0.15) is 0 Å². The molecule has 1 fully saturated rings. The molecule has 5 nitrogen and oxygen atoms in total. The summed E-state index contributed by atoms with van der Waals surface area (Å²) < 4.78 is 0. The van der Waals surface area contributed by atoms with E-state index in [1.165, 1.54) is 0 Å². The molecule has 76 valence electrons. The molecular weight excluding hydrogens is 170 g/mol. The molecule has 0 spiro atoms. The van der Waals surface area contributed by atoms with Crippen LogP contribution in [0.2, 0.25) is 0 Å². The summed E-state index contributed by atoms with van der Waals surface area (Å²) in [5.41, 5.74) is 5.42. The molecule has 0 bridgehead atoms. The molecule has 0 aromatic carbocycles. The largest absolute Gasteiger partial charge is 0.387 e. The van der Waals surface area contributed by atoms with Gasteiger partial charge < -0.3 is 15.7 Å². The van der Waals surface area contributed by atoms with Crippen molar-refractivity contribution >= 4 is 5.91 Å². The highest BCUT2D eigenvalue weighted by Gasteiger charge is 2.19. The van der Waals surface area contributed by atoms with E-state index in [4.69, 9.17) is 10.8 Å². The number of aliphatic hydroxyl groups excluding tert-OH is 1. The third-order valence-corrected chi connectivity index (χ3v) is 2.31. The second kappa shape index (κ2) is 5.16. The van der Waals surface area contributed by atoms with Crippen LogP contribution in [0.4, 0.5) is 0 Å². The maximum absolute atomic E-state index is 11.1. The SMILES string of the molecule is NCCN1CCN(C(=O)CO)CC1. The summed E-state index contributed by atoms with van der Waals surface area (Å²) in [5.74, 6) is -0.174. The number of aliphatic hydroxyl groups is 1. The summed E-state index contributed by atoms with van der Waals surface area (Å²) in [6, 6.07) is 0. The van der Waals surface area contributed by atoms with E-state index in [-0.39, 0.29) is 12.5 Å². The second-order valence-electron chi connectivity index (χ2n) is 3.17. The van der Waals surface area contributed by atoms with E-state index in [9.17, 15) is 4.79 Å². The number of rotatable bonds is 3. The Bertz CT molecular complexity index is 167. The third kappa shape index (κ3) is 2.95. The average Bonchev–Trinajstić information content (AvgIpc) is 2.18. The van der Waals surface area contributed by atoms with E-state index in [0.717, 1.165) is 19.6 Å². The van der Waals surface area contributed by atoms with Gasteiger partial charge in [0.25, 0.3) is 0 Å². The van der Waals surface area contributed by atoms with Crippen molar-refractivity contribution in [1.82, 2.24) is 9.80 Å². The third-order valence-electron chi connectivity index (χ3n) is 2.31. The van der Waals surface area contributed by atoms with Crippen LogP contribution < -0.4 is 5.73 Å². The van der Waals surface area contributed by atoms with Crippen molar-refractivity contribution in [2.75, 3.05) is 45.9 Å². The van der Waals surface area contributed by atoms with Crippen LogP contribution in [0.3, 0.4) is 0 Å². The maximum atomic E-state index is 11.1. The summed E-state index contributed by atoms with van der Waals surface area (Å²) in [7, 11) is 0. The van der Waals surface area contributed by atoms with Crippen LogP contribution in [-0.2, 0) is 4.79 Å². The molecule has 0 saturated carbocycles. The van der Waals surface area contributed by atoms with Crippen LogP contribution in [0.1, 0.15) is 0 Å². The predicted molar refractivity (Wildman–Crippen MR) is 49.2 cm³/mol. The predicted octanol–water partition coefficient (Wildman–Crippen LogP) is -1.92. The highest BCUT2D eigenvalue weighted by Crippen LogP contribution is 2.00. The number of hydrogen-bond acceptors (Lipinski definition) is 4. The van der Waals surface area contributed by atoms with Gasteiger partial charge in [0.2, 0.25) is 5.91 Å². The molecule has 1 heterocycles. The molecule has 0 unspecified atom stereocenters. The minimum Gasteiger partial charge on any atom is -0.387 e. The zero-order valence-corrected chi connectivity index (χ0v) is 7.78. The molecule has 0 radical (unpaired) electrons. The van der Waals surface area contributed by atoms with Crippen LogP contribution >= 0.6 is 0 Å². The molecule has 1 amide bonds. The molecule has 1 aliphatic heterocycles. The van der Waals surface area contributed by atoms with Crippen molar-refractivity contribution in [3.8, 4) is 0 Å². The van der Waals surface area contributed by atoms with E-state index < -0.39 is 0 Å². The van der Waals surface area contributed by atoms with Crippen molar-refractivity contribution < 1.29 is 9.90 Å². The van der Waals surface area contributed by atoms with Crippen molar-refractivity contribution in [3.05, 3.63) is 0 Å². The van der Waals surface area contributed by atoms with Gasteiger partial charge in [-0.05, 0) is 0 Å². The molecule has 1 saturated heterocycles. The van der Waals surface area contributed by atoms with Gasteiger partial charge >= 0.3 is 0 Å². The molecule has 13 heavy (non-hydrogen) atoms. The number of piperazine rings is 1. The molecule has 1 rings (SSSR count). The zero-order chi connectivity index (χ0) is 9.68. The molecule has 5 heteroatoms. The second-order valence-corrected chi connectivity index (χ2v) is 3.17. The Balaban J connectivity index is 2.26. The highest BCUT2D eigenvalue weighted by molar-refractivity contribution is 5.77. The van der Waals surface area contributed by atoms with E-state index in [2.05, 4.69) is 4.90 Å². The average molecular weight is 187 g/mol. The van der Waals surface area contributed by atoms with Crippen molar-refractivity contribution in [2.24, 2.45) is 5.73 Å². The standard InChI is InChI=1S/C8H17N3O2/c9-1-2-10-3-5-11(6-4-10)8(13)7-12/h12H,1-7,9H2. The fraction of sp³-hybridized carbons (Fsp3) is 0.875. The van der Waals surface area contributed by atoms with Crippen LogP contribution in [0, 0.1) is 0 Å². The number of amides is 1. The zero-order valence-electron chi connectivity index (χ0n) is 7.78. The van der Waals surface area contributed by atoms with Gasteiger partial charge in [0, 0.05) is 39.3 Å². The molecule has 0 atom stereocenters. The molecule has 1 aliphatic rings. The molecule has 0 aromatic heterocycles. The van der Waals surface area contributed by atoms with Crippen LogP contribution in [0.5, 0.6) is 0 Å². The lowest BCUT2D eigenvalue weighted by Gasteiger charge is -2.34. The minimum atomic E-state index is -0.378. The first-order valence-corrected chi connectivity index (χ1v) is 4.59. The Morgan fingerprint density at radius 2 is 1.92 bits per heavy atom. The minimum absolute atomic E-state index is 0.174. The van der Waals surface area contributed by atoms with Crippen LogP contribution in [-0.4, -0.2) is 66.7 Å². The van der Waals surface area contributed by atoms with Gasteiger partial charge in [-0.15, -0.1) is 0 Å². The normalized spacial score (nSPS) is 19.1. The first-order chi connectivity index (χ1) is 6.27. The quantitative estimate of drug-likeness (QED) is 0.540.